The van der Waals surface area contributed by atoms with E-state index in [1.807, 2.05) is 6.92 Å². The first-order valence-corrected chi connectivity index (χ1v) is 12.6. The zero-order valence-electron chi connectivity index (χ0n) is 19.5. The molecule has 0 saturated carbocycles. The van der Waals surface area contributed by atoms with Crippen molar-refractivity contribution in [2.24, 2.45) is 5.92 Å². The molecule has 3 rings (SSSR count). The van der Waals surface area contributed by atoms with Gasteiger partial charge in [-0.2, -0.15) is 0 Å². The van der Waals surface area contributed by atoms with E-state index < -0.39 is 22.2 Å². The first kappa shape index (κ1) is 25.6. The molecule has 2 aromatic rings. The number of hydrogen-bond acceptors (Lipinski definition) is 6. The van der Waals surface area contributed by atoms with Crippen LogP contribution in [0.2, 0.25) is 0 Å². The van der Waals surface area contributed by atoms with Gasteiger partial charge in [0, 0.05) is 36.8 Å². The number of aliphatic hydroxyl groups is 1. The molecule has 1 aromatic heterocycles. The van der Waals surface area contributed by atoms with E-state index in [0.717, 1.165) is 6.26 Å². The second-order valence-electron chi connectivity index (χ2n) is 8.50. The lowest BCUT2D eigenvalue weighted by atomic mass is 10.0. The van der Waals surface area contributed by atoms with Crippen LogP contribution in [-0.2, 0) is 10.0 Å². The molecule has 8 nitrogen and oxygen atoms in total. The monoisotopic (exact) mass is 489 g/mol. The van der Waals surface area contributed by atoms with Gasteiger partial charge in [-0.05, 0) is 37.3 Å². The number of rotatable bonds is 5. The van der Waals surface area contributed by atoms with Crippen molar-refractivity contribution in [2.75, 3.05) is 33.0 Å². The van der Waals surface area contributed by atoms with Gasteiger partial charge in [-0.15, -0.1) is 0 Å². The van der Waals surface area contributed by atoms with Gasteiger partial charge >= 0.3 is 0 Å². The Labute approximate surface area is 199 Å². The van der Waals surface area contributed by atoms with Gasteiger partial charge in [0.05, 0.1) is 25.4 Å². The van der Waals surface area contributed by atoms with Crippen molar-refractivity contribution in [3.05, 3.63) is 59.0 Å². The maximum Gasteiger partial charge on any atom is 0.259 e. The summed E-state index contributed by atoms with van der Waals surface area (Å²) in [5, 5.41) is 9.73. The van der Waals surface area contributed by atoms with Crippen LogP contribution in [0.1, 0.15) is 35.3 Å². The Morgan fingerprint density at radius 1 is 1.29 bits per heavy atom. The number of hydrogen-bond donors (Lipinski definition) is 1. The fourth-order valence-electron chi connectivity index (χ4n) is 3.45. The van der Waals surface area contributed by atoms with E-state index in [1.54, 1.807) is 30.0 Å². The van der Waals surface area contributed by atoms with Crippen molar-refractivity contribution in [1.82, 2.24) is 14.2 Å². The van der Waals surface area contributed by atoms with Crippen LogP contribution in [0.4, 0.5) is 4.39 Å². The van der Waals surface area contributed by atoms with Crippen molar-refractivity contribution in [3.63, 3.8) is 0 Å². The quantitative estimate of drug-likeness (QED) is 0.643. The van der Waals surface area contributed by atoms with Crippen molar-refractivity contribution >= 4 is 15.9 Å². The van der Waals surface area contributed by atoms with Crippen LogP contribution in [-0.4, -0.2) is 78.8 Å². The molecule has 1 amide bonds. The number of fused-ring (bicyclic) bond motifs is 1. The Kier molecular flexibility index (Phi) is 7.92. The molecule has 10 heteroatoms. The van der Waals surface area contributed by atoms with Crippen molar-refractivity contribution in [2.45, 2.75) is 26.0 Å². The maximum atomic E-state index is 13.4. The number of aliphatic hydroxyl groups excluding tert-OH is 1. The number of aromatic nitrogens is 1. The summed E-state index contributed by atoms with van der Waals surface area (Å²) in [5.74, 6) is 4.93. The van der Waals surface area contributed by atoms with E-state index in [2.05, 4.69) is 16.8 Å². The SMILES string of the molecule is C[C@@H]1CN([C@H](C)CO)C(=O)c2cc(C#Cc3ccc(F)cc3)cnc2O[C@@H]1CN(C)S(C)(=O)=O. The third-order valence-corrected chi connectivity index (χ3v) is 7.00. The highest BCUT2D eigenvalue weighted by atomic mass is 32.2. The smallest absolute Gasteiger partial charge is 0.259 e. The van der Waals surface area contributed by atoms with E-state index in [4.69, 9.17) is 4.74 Å². The highest BCUT2D eigenvalue weighted by molar-refractivity contribution is 7.88. The van der Waals surface area contributed by atoms with E-state index in [9.17, 15) is 22.7 Å². The minimum Gasteiger partial charge on any atom is -0.472 e. The minimum absolute atomic E-state index is 0.0722. The topological polar surface area (TPSA) is 100 Å². The number of halogens is 1. The fraction of sp³-hybridized carbons (Fsp3) is 0.417. The van der Waals surface area contributed by atoms with E-state index in [0.29, 0.717) is 11.1 Å². The first-order chi connectivity index (χ1) is 16.0. The van der Waals surface area contributed by atoms with E-state index >= 15 is 0 Å². The van der Waals surface area contributed by atoms with Gasteiger partial charge in [-0.3, -0.25) is 4.79 Å². The maximum absolute atomic E-state index is 13.4. The lowest BCUT2D eigenvalue weighted by Gasteiger charge is -2.37. The molecule has 2 heterocycles. The second-order valence-corrected chi connectivity index (χ2v) is 10.6. The summed E-state index contributed by atoms with van der Waals surface area (Å²) >= 11 is 0. The lowest BCUT2D eigenvalue weighted by molar-refractivity contribution is 0.0373. The van der Waals surface area contributed by atoms with Gasteiger partial charge in [-0.1, -0.05) is 18.8 Å². The Bertz CT molecular complexity index is 1210. The Hall–Kier alpha value is -3.00. The highest BCUT2D eigenvalue weighted by Crippen LogP contribution is 2.27. The molecule has 0 fully saturated rings. The first-order valence-electron chi connectivity index (χ1n) is 10.8. The number of nitrogens with zero attached hydrogens (tertiary/aromatic N) is 3. The summed E-state index contributed by atoms with van der Waals surface area (Å²) in [6.07, 6.45) is 2.00. The molecule has 1 aliphatic rings. The zero-order chi connectivity index (χ0) is 25.0. The van der Waals surface area contributed by atoms with Crippen LogP contribution in [0, 0.1) is 23.6 Å². The average Bonchev–Trinajstić information content (AvgIpc) is 2.79. The molecule has 34 heavy (non-hydrogen) atoms. The summed E-state index contributed by atoms with van der Waals surface area (Å²) in [5.41, 5.74) is 1.23. The van der Waals surface area contributed by atoms with E-state index in [-0.39, 0.29) is 48.8 Å². The molecule has 0 spiro atoms. The predicted molar refractivity (Wildman–Crippen MR) is 125 cm³/mol. The normalized spacial score (nSPS) is 19.4. The molecule has 0 bridgehead atoms. The number of benzene rings is 1. The van der Waals surface area contributed by atoms with Crippen molar-refractivity contribution in [1.29, 1.82) is 0 Å². The number of carbonyl (C=O) groups excluding carboxylic acids is 1. The van der Waals surface area contributed by atoms with Crippen LogP contribution in [0.5, 0.6) is 5.88 Å². The van der Waals surface area contributed by atoms with Crippen LogP contribution in [0.25, 0.3) is 0 Å². The molecule has 1 aromatic carbocycles. The largest absolute Gasteiger partial charge is 0.472 e. The number of sulfonamides is 1. The predicted octanol–water partition coefficient (Wildman–Crippen LogP) is 1.73. The Balaban J connectivity index is 2.01. The van der Waals surface area contributed by atoms with Crippen LogP contribution < -0.4 is 4.74 Å². The van der Waals surface area contributed by atoms with Crippen molar-refractivity contribution < 1.29 is 27.4 Å². The van der Waals surface area contributed by atoms with Gasteiger partial charge in [-0.25, -0.2) is 22.1 Å². The minimum atomic E-state index is -3.44. The average molecular weight is 490 g/mol. The van der Waals surface area contributed by atoms with Crippen LogP contribution in [0.3, 0.4) is 0 Å². The Morgan fingerprint density at radius 2 is 1.94 bits per heavy atom. The number of pyridine rings is 1. The number of likely N-dealkylation sites (N-methyl/N-ethyl adjacent to an activating group) is 1. The molecule has 0 radical (unpaired) electrons. The van der Waals surface area contributed by atoms with Gasteiger partial charge in [0.1, 0.15) is 17.5 Å². The van der Waals surface area contributed by atoms with Gasteiger partial charge in [0.15, 0.2) is 0 Å². The standard InChI is InChI=1S/C24H28FN3O5S/c1-16-13-28(17(2)15-29)24(30)21-11-19(6-5-18-7-9-20(25)10-8-18)12-26-23(21)33-22(16)14-27(3)34(4,31)32/h7-12,16-17,22,29H,13-15H2,1-4H3/t16-,17-,22-/m1/s1. The third kappa shape index (κ3) is 6.11. The molecule has 0 saturated heterocycles. The molecule has 182 valence electrons. The molecular formula is C24H28FN3O5S. The summed E-state index contributed by atoms with van der Waals surface area (Å²) in [6, 6.07) is 6.81. The van der Waals surface area contributed by atoms with Gasteiger partial charge in [0.25, 0.3) is 5.91 Å². The van der Waals surface area contributed by atoms with Crippen LogP contribution >= 0.6 is 0 Å². The Morgan fingerprint density at radius 3 is 2.56 bits per heavy atom. The summed E-state index contributed by atoms with van der Waals surface area (Å²) in [6.45, 7) is 3.69. The van der Waals surface area contributed by atoms with Crippen LogP contribution in [0.15, 0.2) is 36.5 Å². The lowest BCUT2D eigenvalue weighted by Crippen LogP contribution is -2.50. The van der Waals surface area contributed by atoms with Crippen molar-refractivity contribution in [3.8, 4) is 17.7 Å². The number of carbonyl (C=O) groups is 1. The molecule has 1 aliphatic heterocycles. The zero-order valence-corrected chi connectivity index (χ0v) is 20.3. The van der Waals surface area contributed by atoms with E-state index in [1.165, 1.54) is 29.7 Å². The fourth-order valence-corrected chi connectivity index (χ4v) is 3.87. The molecule has 1 N–H and O–H groups in total. The molecule has 0 aliphatic carbocycles. The summed E-state index contributed by atoms with van der Waals surface area (Å²) in [7, 11) is -1.98. The third-order valence-electron chi connectivity index (χ3n) is 5.72. The molecule has 3 atom stereocenters. The molecular weight excluding hydrogens is 461 g/mol. The number of ether oxygens (including phenoxy) is 1. The summed E-state index contributed by atoms with van der Waals surface area (Å²) < 4.78 is 44.3. The highest BCUT2D eigenvalue weighted by Gasteiger charge is 2.35. The summed E-state index contributed by atoms with van der Waals surface area (Å²) in [4.78, 5) is 19.2. The van der Waals surface area contributed by atoms with Gasteiger partial charge in [0.2, 0.25) is 15.9 Å². The van der Waals surface area contributed by atoms with Gasteiger partial charge < -0.3 is 14.7 Å². The second kappa shape index (κ2) is 10.5. The molecule has 0 unspecified atom stereocenters. The number of amides is 1.